The molecule has 0 saturated heterocycles. The Kier molecular flexibility index (Phi) is 64.0. The fourth-order valence-corrected chi connectivity index (χ4v) is 1.01. The smallest absolute Gasteiger partial charge is 0.693 e. The van der Waals surface area contributed by atoms with Crippen molar-refractivity contribution in [1.29, 1.82) is 0 Å². The molecule has 0 radical (unpaired) electrons. The SMILES string of the molecule is CC[N-]CC.CC[N-]CC.CC[N-]CC.[NH2-].[Ta+5].[c-]1ccccc1. The van der Waals surface area contributed by atoms with Crippen LogP contribution in [0.5, 0.6) is 0 Å². The maximum absolute atomic E-state index is 3.97. The van der Waals surface area contributed by atoms with E-state index in [1.807, 2.05) is 71.9 Å². The molecule has 1 aromatic rings. The first-order valence-electron chi connectivity index (χ1n) is 8.05. The van der Waals surface area contributed by atoms with E-state index in [1.54, 1.807) is 0 Å². The average Bonchev–Trinajstić information content (AvgIpc) is 2.53. The molecule has 134 valence electrons. The zero-order valence-electron chi connectivity index (χ0n) is 16.0. The predicted molar refractivity (Wildman–Crippen MR) is 104 cm³/mol. The normalized spacial score (nSPS) is 7.57. The summed E-state index contributed by atoms with van der Waals surface area (Å²) < 4.78 is 0. The summed E-state index contributed by atoms with van der Waals surface area (Å²) in [5.41, 5.74) is 0. The van der Waals surface area contributed by atoms with E-state index in [9.17, 15) is 0 Å². The molecule has 0 atom stereocenters. The van der Waals surface area contributed by atoms with Crippen molar-refractivity contribution in [2.24, 2.45) is 0 Å². The van der Waals surface area contributed by atoms with Crippen molar-refractivity contribution in [2.45, 2.75) is 41.5 Å². The predicted octanol–water partition coefficient (Wildman–Crippen LogP) is 6.40. The third kappa shape index (κ3) is 61.4. The molecule has 0 amide bonds. The van der Waals surface area contributed by atoms with Crippen LogP contribution in [0.15, 0.2) is 30.3 Å². The standard InChI is InChI=1S/C6H5.3C4H10N.H2N.Ta/c1-2-4-6-5-3-1;3*1-3-5-4-2;;/h1-5H;3*3-4H2,1-2H3;1H2;/q5*-1;+5. The first-order chi connectivity index (χ1) is 10.2. The van der Waals surface area contributed by atoms with Gasteiger partial charge in [-0.2, -0.15) is 75.7 Å². The Labute approximate surface area is 161 Å². The number of nitrogens with two attached hydrogens (primary N) is 1. The number of nitrogens with zero attached hydrogens (tertiary/aromatic N) is 3. The fraction of sp³-hybridized carbons (Fsp3) is 0.667. The summed E-state index contributed by atoms with van der Waals surface area (Å²) in [6.07, 6.45) is 0. The zero-order valence-corrected chi connectivity index (χ0v) is 19.2. The van der Waals surface area contributed by atoms with Gasteiger partial charge in [0.2, 0.25) is 0 Å². The van der Waals surface area contributed by atoms with Crippen LogP contribution in [-0.2, 0) is 22.4 Å². The van der Waals surface area contributed by atoms with Gasteiger partial charge in [-0.3, -0.25) is 0 Å². The van der Waals surface area contributed by atoms with E-state index in [0.29, 0.717) is 0 Å². The van der Waals surface area contributed by atoms with Gasteiger partial charge in [-0.25, -0.2) is 0 Å². The van der Waals surface area contributed by atoms with Gasteiger partial charge < -0.3 is 22.1 Å². The van der Waals surface area contributed by atoms with Gasteiger partial charge in [0.05, 0.1) is 0 Å². The Morgan fingerprint density at radius 3 is 0.870 bits per heavy atom. The molecule has 0 saturated carbocycles. The zero-order chi connectivity index (χ0) is 16.6. The number of rotatable bonds is 6. The van der Waals surface area contributed by atoms with Crippen molar-refractivity contribution in [3.8, 4) is 0 Å². The first kappa shape index (κ1) is 34.2. The maximum Gasteiger partial charge on any atom is 5.00 e. The quantitative estimate of drug-likeness (QED) is 0.414. The van der Waals surface area contributed by atoms with Gasteiger partial charge in [-0.1, -0.05) is 41.5 Å². The molecule has 0 aliphatic rings. The molecule has 23 heavy (non-hydrogen) atoms. The van der Waals surface area contributed by atoms with Crippen LogP contribution >= 0.6 is 0 Å². The topological polar surface area (TPSA) is 75.8 Å². The Balaban J connectivity index is -0.0000000612. The van der Waals surface area contributed by atoms with Gasteiger partial charge in [-0.15, -0.1) is 0 Å². The van der Waals surface area contributed by atoms with Crippen LogP contribution in [0.2, 0.25) is 0 Å². The van der Waals surface area contributed by atoms with Gasteiger partial charge in [0, 0.05) is 0 Å². The first-order valence-corrected chi connectivity index (χ1v) is 8.05. The average molecular weight is 490 g/mol. The van der Waals surface area contributed by atoms with Crippen molar-refractivity contribution < 1.29 is 22.4 Å². The monoisotopic (exact) mass is 490 g/mol. The molecule has 0 bridgehead atoms. The van der Waals surface area contributed by atoms with E-state index in [0.717, 1.165) is 39.3 Å². The second kappa shape index (κ2) is 43.1. The van der Waals surface area contributed by atoms with Gasteiger partial charge in [0.15, 0.2) is 0 Å². The largest absolute Gasteiger partial charge is 5.00 e. The minimum atomic E-state index is 0. The van der Waals surface area contributed by atoms with Crippen LogP contribution in [0.1, 0.15) is 41.5 Å². The van der Waals surface area contributed by atoms with Gasteiger partial charge in [0.1, 0.15) is 0 Å². The molecular formula is C18H37N4Ta. The number of benzene rings is 1. The van der Waals surface area contributed by atoms with Gasteiger partial charge >= 0.3 is 22.4 Å². The van der Waals surface area contributed by atoms with E-state index in [4.69, 9.17) is 0 Å². The Morgan fingerprint density at radius 2 is 0.826 bits per heavy atom. The Hall–Kier alpha value is -0.200. The van der Waals surface area contributed by atoms with Crippen LogP contribution in [0.4, 0.5) is 0 Å². The molecule has 0 aliphatic heterocycles. The number of hydrogen-bond donors (Lipinski definition) is 0. The fourth-order valence-electron chi connectivity index (χ4n) is 1.01. The maximum atomic E-state index is 3.97. The van der Waals surface area contributed by atoms with Crippen LogP contribution in [-0.4, -0.2) is 39.3 Å². The Morgan fingerprint density at radius 1 is 0.565 bits per heavy atom. The second-order valence-electron chi connectivity index (χ2n) is 3.65. The molecule has 0 fully saturated rings. The molecular weight excluding hydrogens is 453 g/mol. The summed E-state index contributed by atoms with van der Waals surface area (Å²) in [6, 6.07) is 12.5. The molecule has 0 aromatic heterocycles. The third-order valence-corrected chi connectivity index (χ3v) is 1.95. The van der Waals surface area contributed by atoms with E-state index < -0.39 is 0 Å². The molecule has 4 nitrogen and oxygen atoms in total. The van der Waals surface area contributed by atoms with Crippen LogP contribution in [0, 0.1) is 6.07 Å². The van der Waals surface area contributed by atoms with Crippen LogP contribution < -0.4 is 0 Å². The molecule has 0 heterocycles. The molecule has 0 aliphatic carbocycles. The summed E-state index contributed by atoms with van der Waals surface area (Å²) >= 11 is 0. The molecule has 1 aromatic carbocycles. The second-order valence-corrected chi connectivity index (χ2v) is 3.65. The van der Waals surface area contributed by atoms with E-state index in [1.165, 1.54) is 0 Å². The van der Waals surface area contributed by atoms with Crippen molar-refractivity contribution >= 4 is 0 Å². The van der Waals surface area contributed by atoms with Crippen molar-refractivity contribution in [3.05, 3.63) is 58.5 Å². The van der Waals surface area contributed by atoms with Gasteiger partial charge in [0.25, 0.3) is 0 Å². The molecule has 0 spiro atoms. The minimum Gasteiger partial charge on any atom is -0.693 e. The third-order valence-electron chi connectivity index (χ3n) is 1.95. The Bertz CT molecular complexity index is 177. The van der Waals surface area contributed by atoms with Crippen LogP contribution in [0.25, 0.3) is 22.1 Å². The van der Waals surface area contributed by atoms with E-state index in [-0.39, 0.29) is 28.5 Å². The summed E-state index contributed by atoms with van der Waals surface area (Å²) in [5.74, 6) is 0. The summed E-state index contributed by atoms with van der Waals surface area (Å²) in [7, 11) is 0. The molecule has 0 unspecified atom stereocenters. The van der Waals surface area contributed by atoms with Crippen molar-refractivity contribution in [1.82, 2.24) is 0 Å². The van der Waals surface area contributed by atoms with Crippen LogP contribution in [0.3, 0.4) is 0 Å². The van der Waals surface area contributed by atoms with Crippen molar-refractivity contribution in [2.75, 3.05) is 39.3 Å². The minimum absolute atomic E-state index is 0. The molecule has 1 rings (SSSR count). The summed E-state index contributed by atoms with van der Waals surface area (Å²) in [5, 5.41) is 11.9. The summed E-state index contributed by atoms with van der Waals surface area (Å²) in [6.45, 7) is 18.1. The number of hydrogen-bond acceptors (Lipinski definition) is 0. The van der Waals surface area contributed by atoms with Gasteiger partial charge in [-0.05, 0) is 0 Å². The van der Waals surface area contributed by atoms with E-state index >= 15 is 0 Å². The summed E-state index contributed by atoms with van der Waals surface area (Å²) in [4.78, 5) is 0. The molecule has 5 heteroatoms. The van der Waals surface area contributed by atoms with Crippen molar-refractivity contribution in [3.63, 3.8) is 0 Å². The van der Waals surface area contributed by atoms with E-state index in [2.05, 4.69) is 22.0 Å². The molecule has 2 N–H and O–H groups in total.